The van der Waals surface area contributed by atoms with Crippen LogP contribution in [-0.4, -0.2) is 11.8 Å². The lowest BCUT2D eigenvalue weighted by Crippen LogP contribution is -2.28. The summed E-state index contributed by atoms with van der Waals surface area (Å²) in [5.41, 5.74) is 2.00. The van der Waals surface area contributed by atoms with Crippen molar-refractivity contribution in [2.45, 2.75) is 33.1 Å². The average Bonchev–Trinajstić information content (AvgIpc) is 2.33. The molecule has 1 rings (SSSR count). The minimum atomic E-state index is -0.194. The first-order valence-electron chi connectivity index (χ1n) is 5.94. The SMILES string of the molecule is CCCC(CCl)(CCl)Cc1cc(F)ccc1C. The van der Waals surface area contributed by atoms with Crippen LogP contribution in [0, 0.1) is 18.2 Å². The second-order valence-corrected chi connectivity index (χ2v) is 5.30. The number of hydrogen-bond acceptors (Lipinski definition) is 0. The lowest BCUT2D eigenvalue weighted by atomic mass is 9.80. The van der Waals surface area contributed by atoms with Gasteiger partial charge in [0, 0.05) is 17.2 Å². The van der Waals surface area contributed by atoms with Crippen LogP contribution in [0.1, 0.15) is 30.9 Å². The first kappa shape index (κ1) is 14.8. The van der Waals surface area contributed by atoms with Crippen molar-refractivity contribution >= 4 is 23.2 Å². The molecule has 0 heterocycles. The van der Waals surface area contributed by atoms with E-state index in [9.17, 15) is 4.39 Å². The molecule has 0 nitrogen and oxygen atoms in total. The van der Waals surface area contributed by atoms with E-state index >= 15 is 0 Å². The second-order valence-electron chi connectivity index (χ2n) is 4.76. The van der Waals surface area contributed by atoms with Crippen molar-refractivity contribution in [2.75, 3.05) is 11.8 Å². The van der Waals surface area contributed by atoms with Crippen LogP contribution < -0.4 is 0 Å². The van der Waals surface area contributed by atoms with Crippen LogP contribution in [0.5, 0.6) is 0 Å². The molecule has 0 aromatic heterocycles. The third-order valence-corrected chi connectivity index (χ3v) is 4.36. The maximum absolute atomic E-state index is 13.3. The average molecular weight is 277 g/mol. The fraction of sp³-hybridized carbons (Fsp3) is 0.571. The summed E-state index contributed by atoms with van der Waals surface area (Å²) < 4.78 is 13.3. The highest BCUT2D eigenvalue weighted by atomic mass is 35.5. The van der Waals surface area contributed by atoms with Crippen LogP contribution in [0.15, 0.2) is 18.2 Å². The van der Waals surface area contributed by atoms with Crippen LogP contribution in [0.25, 0.3) is 0 Å². The van der Waals surface area contributed by atoms with E-state index in [1.807, 2.05) is 13.0 Å². The Hall–Kier alpha value is -0.270. The summed E-state index contributed by atoms with van der Waals surface area (Å²) in [4.78, 5) is 0. The molecule has 0 saturated heterocycles. The first-order valence-corrected chi connectivity index (χ1v) is 7.01. The molecule has 0 spiro atoms. The summed E-state index contributed by atoms with van der Waals surface area (Å²) in [7, 11) is 0. The standard InChI is InChI=1S/C14H19Cl2F/c1-3-6-14(9-15,10-16)8-12-7-13(17)5-4-11(12)2/h4-5,7H,3,6,8-10H2,1-2H3. The van der Waals surface area contributed by atoms with E-state index < -0.39 is 0 Å². The van der Waals surface area contributed by atoms with Crippen molar-refractivity contribution in [3.8, 4) is 0 Å². The monoisotopic (exact) mass is 276 g/mol. The maximum Gasteiger partial charge on any atom is 0.123 e. The van der Waals surface area contributed by atoms with Gasteiger partial charge in [-0.1, -0.05) is 19.4 Å². The molecule has 17 heavy (non-hydrogen) atoms. The van der Waals surface area contributed by atoms with Gasteiger partial charge < -0.3 is 0 Å². The number of alkyl halides is 2. The van der Waals surface area contributed by atoms with Crippen molar-refractivity contribution in [3.05, 3.63) is 35.1 Å². The summed E-state index contributed by atoms with van der Waals surface area (Å²) in [6.07, 6.45) is 2.75. The van der Waals surface area contributed by atoms with E-state index in [2.05, 4.69) is 6.92 Å². The Morgan fingerprint density at radius 2 is 1.88 bits per heavy atom. The Morgan fingerprint density at radius 3 is 2.41 bits per heavy atom. The van der Waals surface area contributed by atoms with E-state index in [1.165, 1.54) is 6.07 Å². The van der Waals surface area contributed by atoms with Gasteiger partial charge in [-0.3, -0.25) is 0 Å². The van der Waals surface area contributed by atoms with Gasteiger partial charge in [-0.05, 0) is 43.0 Å². The largest absolute Gasteiger partial charge is 0.207 e. The summed E-state index contributed by atoms with van der Waals surface area (Å²) in [5, 5.41) is 0. The molecule has 0 N–H and O–H groups in total. The lowest BCUT2D eigenvalue weighted by molar-refractivity contribution is 0.340. The number of benzene rings is 1. The topological polar surface area (TPSA) is 0 Å². The summed E-state index contributed by atoms with van der Waals surface area (Å²) >= 11 is 12.1. The van der Waals surface area contributed by atoms with E-state index in [0.717, 1.165) is 30.4 Å². The van der Waals surface area contributed by atoms with Gasteiger partial charge in [-0.2, -0.15) is 0 Å². The molecule has 0 unspecified atom stereocenters. The van der Waals surface area contributed by atoms with Crippen molar-refractivity contribution in [2.24, 2.45) is 5.41 Å². The van der Waals surface area contributed by atoms with Crippen LogP contribution in [0.2, 0.25) is 0 Å². The van der Waals surface area contributed by atoms with Gasteiger partial charge in [0.05, 0.1) is 0 Å². The molecular formula is C14H19Cl2F. The fourth-order valence-corrected chi connectivity index (χ4v) is 2.86. The minimum absolute atomic E-state index is 0.115. The third-order valence-electron chi connectivity index (χ3n) is 3.22. The molecule has 1 aromatic rings. The summed E-state index contributed by atoms with van der Waals surface area (Å²) in [6.45, 7) is 4.11. The molecule has 0 aliphatic carbocycles. The van der Waals surface area contributed by atoms with Crippen LogP contribution >= 0.6 is 23.2 Å². The minimum Gasteiger partial charge on any atom is -0.207 e. The Labute approximate surface area is 113 Å². The lowest BCUT2D eigenvalue weighted by Gasteiger charge is -2.30. The van der Waals surface area contributed by atoms with Gasteiger partial charge in [0.1, 0.15) is 5.82 Å². The highest BCUT2D eigenvalue weighted by Crippen LogP contribution is 2.33. The molecule has 3 heteroatoms. The normalized spacial score (nSPS) is 11.8. The smallest absolute Gasteiger partial charge is 0.123 e. The molecule has 0 atom stereocenters. The first-order chi connectivity index (χ1) is 8.06. The van der Waals surface area contributed by atoms with Crippen LogP contribution in [0.4, 0.5) is 4.39 Å². The van der Waals surface area contributed by atoms with Crippen molar-refractivity contribution < 1.29 is 4.39 Å². The molecule has 96 valence electrons. The predicted octanol–water partition coefficient (Wildman–Crippen LogP) is 4.94. The second kappa shape index (κ2) is 6.61. The Balaban J connectivity index is 2.96. The zero-order chi connectivity index (χ0) is 12.9. The number of aryl methyl sites for hydroxylation is 1. The fourth-order valence-electron chi connectivity index (χ4n) is 2.12. The van der Waals surface area contributed by atoms with Gasteiger partial charge in [0.2, 0.25) is 0 Å². The van der Waals surface area contributed by atoms with Gasteiger partial charge in [-0.25, -0.2) is 4.39 Å². The van der Waals surface area contributed by atoms with Crippen molar-refractivity contribution in [1.29, 1.82) is 0 Å². The zero-order valence-electron chi connectivity index (χ0n) is 10.4. The Morgan fingerprint density at radius 1 is 1.24 bits per heavy atom. The van der Waals surface area contributed by atoms with E-state index in [1.54, 1.807) is 6.07 Å². The molecular weight excluding hydrogens is 258 g/mol. The summed E-state index contributed by atoms with van der Waals surface area (Å²) in [6, 6.07) is 4.89. The van der Waals surface area contributed by atoms with Crippen molar-refractivity contribution in [3.63, 3.8) is 0 Å². The highest BCUT2D eigenvalue weighted by molar-refractivity contribution is 6.21. The predicted molar refractivity (Wildman–Crippen MR) is 73.6 cm³/mol. The van der Waals surface area contributed by atoms with Gasteiger partial charge in [0.25, 0.3) is 0 Å². The Kier molecular flexibility index (Phi) is 5.75. The molecule has 0 fully saturated rings. The van der Waals surface area contributed by atoms with Crippen molar-refractivity contribution in [1.82, 2.24) is 0 Å². The quantitative estimate of drug-likeness (QED) is 0.646. The Bertz CT molecular complexity index is 359. The number of halogens is 3. The highest BCUT2D eigenvalue weighted by Gasteiger charge is 2.28. The molecule has 1 aromatic carbocycles. The van der Waals surface area contributed by atoms with E-state index in [4.69, 9.17) is 23.2 Å². The van der Waals surface area contributed by atoms with E-state index in [0.29, 0.717) is 11.8 Å². The molecule has 0 bridgehead atoms. The summed E-state index contributed by atoms with van der Waals surface area (Å²) in [5.74, 6) is 0.834. The maximum atomic E-state index is 13.3. The molecule has 0 saturated carbocycles. The van der Waals surface area contributed by atoms with Crippen LogP contribution in [-0.2, 0) is 6.42 Å². The van der Waals surface area contributed by atoms with Gasteiger partial charge >= 0.3 is 0 Å². The van der Waals surface area contributed by atoms with Crippen LogP contribution in [0.3, 0.4) is 0 Å². The molecule has 0 aliphatic heterocycles. The number of rotatable bonds is 6. The third kappa shape index (κ3) is 3.86. The molecule has 0 amide bonds. The van der Waals surface area contributed by atoms with Gasteiger partial charge in [-0.15, -0.1) is 23.2 Å². The van der Waals surface area contributed by atoms with Gasteiger partial charge in [0.15, 0.2) is 0 Å². The zero-order valence-corrected chi connectivity index (χ0v) is 11.9. The number of hydrogen-bond donors (Lipinski definition) is 0. The molecule has 0 aliphatic rings. The van der Waals surface area contributed by atoms with E-state index in [-0.39, 0.29) is 11.2 Å². The molecule has 0 radical (unpaired) electrons.